The van der Waals surface area contributed by atoms with Gasteiger partial charge >= 0.3 is 0 Å². The summed E-state index contributed by atoms with van der Waals surface area (Å²) >= 11 is 11.1. The number of hydrogen-bond donors (Lipinski definition) is 2. The van der Waals surface area contributed by atoms with Gasteiger partial charge in [0, 0.05) is 24.7 Å². The lowest BCUT2D eigenvalue weighted by Crippen LogP contribution is -2.31. The highest BCUT2D eigenvalue weighted by Crippen LogP contribution is 2.22. The summed E-state index contributed by atoms with van der Waals surface area (Å²) in [7, 11) is 2.10. The van der Waals surface area contributed by atoms with Gasteiger partial charge in [0.25, 0.3) is 0 Å². The van der Waals surface area contributed by atoms with Gasteiger partial charge in [-0.3, -0.25) is 0 Å². The molecule has 3 N–H and O–H groups in total. The van der Waals surface area contributed by atoms with Gasteiger partial charge in [0.15, 0.2) is 0 Å². The van der Waals surface area contributed by atoms with Crippen LogP contribution in [0.1, 0.15) is 19.4 Å². The van der Waals surface area contributed by atoms with E-state index >= 15 is 0 Å². The SMILES string of the molecule is CC(C)N(C)CCNc1ccc(C(N)=S)cc1Cl. The van der Waals surface area contributed by atoms with Gasteiger partial charge in [-0.2, -0.15) is 0 Å². The Kier molecular flexibility index (Phi) is 5.85. The van der Waals surface area contributed by atoms with Crippen molar-refractivity contribution in [1.82, 2.24) is 4.90 Å². The van der Waals surface area contributed by atoms with E-state index in [0.717, 1.165) is 24.3 Å². The van der Waals surface area contributed by atoms with Crippen molar-refractivity contribution >= 4 is 34.5 Å². The zero-order valence-corrected chi connectivity index (χ0v) is 12.6. The highest BCUT2D eigenvalue weighted by Gasteiger charge is 2.05. The van der Waals surface area contributed by atoms with Gasteiger partial charge in [-0.05, 0) is 39.1 Å². The Morgan fingerprint density at radius 2 is 2.17 bits per heavy atom. The summed E-state index contributed by atoms with van der Waals surface area (Å²) in [4.78, 5) is 2.63. The van der Waals surface area contributed by atoms with Crippen LogP contribution in [-0.4, -0.2) is 36.1 Å². The number of thiocarbonyl (C=S) groups is 1. The molecule has 0 saturated heterocycles. The highest BCUT2D eigenvalue weighted by molar-refractivity contribution is 7.80. The number of likely N-dealkylation sites (N-methyl/N-ethyl adjacent to an activating group) is 1. The predicted octanol–water partition coefficient (Wildman–Crippen LogP) is 2.73. The first-order valence-corrected chi connectivity index (χ1v) is 6.74. The molecule has 0 atom stereocenters. The summed E-state index contributed by atoms with van der Waals surface area (Å²) in [6, 6.07) is 6.12. The fourth-order valence-corrected chi connectivity index (χ4v) is 1.81. The first-order chi connectivity index (χ1) is 8.41. The van der Waals surface area contributed by atoms with E-state index < -0.39 is 0 Å². The van der Waals surface area contributed by atoms with Crippen molar-refractivity contribution in [1.29, 1.82) is 0 Å². The van der Waals surface area contributed by atoms with Crippen LogP contribution in [0.5, 0.6) is 0 Å². The molecule has 100 valence electrons. The van der Waals surface area contributed by atoms with Crippen molar-refractivity contribution < 1.29 is 0 Å². The lowest BCUT2D eigenvalue weighted by molar-refractivity contribution is 0.284. The fourth-order valence-electron chi connectivity index (χ4n) is 1.44. The Balaban J connectivity index is 2.56. The van der Waals surface area contributed by atoms with Crippen LogP contribution in [0.15, 0.2) is 18.2 Å². The summed E-state index contributed by atoms with van der Waals surface area (Å²) < 4.78 is 0. The predicted molar refractivity (Wildman–Crippen MR) is 83.6 cm³/mol. The van der Waals surface area contributed by atoms with Gasteiger partial charge in [-0.25, -0.2) is 0 Å². The van der Waals surface area contributed by atoms with Crippen LogP contribution in [0, 0.1) is 0 Å². The summed E-state index contributed by atoms with van der Waals surface area (Å²) in [5.74, 6) is 0. The smallest absolute Gasteiger partial charge is 0.104 e. The molecule has 0 bridgehead atoms. The van der Waals surface area contributed by atoms with Crippen LogP contribution in [-0.2, 0) is 0 Å². The number of halogens is 1. The quantitative estimate of drug-likeness (QED) is 0.789. The minimum atomic E-state index is 0.364. The van der Waals surface area contributed by atoms with Gasteiger partial charge in [-0.15, -0.1) is 0 Å². The van der Waals surface area contributed by atoms with E-state index in [-0.39, 0.29) is 0 Å². The van der Waals surface area contributed by atoms with Crippen molar-refractivity contribution in [3.8, 4) is 0 Å². The zero-order chi connectivity index (χ0) is 13.7. The standard InChI is InChI=1S/C13H20ClN3S/c1-9(2)17(3)7-6-16-12-5-4-10(13(15)18)8-11(12)14/h4-5,8-9,16H,6-7H2,1-3H3,(H2,15,18). The maximum absolute atomic E-state index is 6.16. The molecule has 0 aliphatic rings. The fraction of sp³-hybridized carbons (Fsp3) is 0.462. The molecule has 0 aliphatic heterocycles. The van der Waals surface area contributed by atoms with E-state index in [4.69, 9.17) is 29.6 Å². The molecule has 5 heteroatoms. The van der Waals surface area contributed by atoms with E-state index in [1.54, 1.807) is 6.07 Å². The second-order valence-corrected chi connectivity index (χ2v) is 5.41. The van der Waals surface area contributed by atoms with Crippen molar-refractivity contribution in [2.24, 2.45) is 5.73 Å². The van der Waals surface area contributed by atoms with E-state index in [2.05, 4.69) is 31.1 Å². The van der Waals surface area contributed by atoms with Gasteiger partial charge in [0.05, 0.1) is 10.7 Å². The Hall–Kier alpha value is -0.840. The second-order valence-electron chi connectivity index (χ2n) is 4.56. The molecule has 0 aromatic heterocycles. The average molecular weight is 286 g/mol. The number of benzene rings is 1. The minimum Gasteiger partial charge on any atom is -0.389 e. The Morgan fingerprint density at radius 1 is 1.50 bits per heavy atom. The molecule has 0 aliphatic carbocycles. The molecule has 0 amide bonds. The lowest BCUT2D eigenvalue weighted by Gasteiger charge is -2.21. The topological polar surface area (TPSA) is 41.3 Å². The van der Waals surface area contributed by atoms with Crippen LogP contribution in [0.25, 0.3) is 0 Å². The first-order valence-electron chi connectivity index (χ1n) is 5.95. The van der Waals surface area contributed by atoms with E-state index in [1.165, 1.54) is 0 Å². The molecule has 0 heterocycles. The Bertz CT molecular complexity index is 421. The molecule has 1 aromatic carbocycles. The van der Waals surface area contributed by atoms with Crippen molar-refractivity contribution in [3.05, 3.63) is 28.8 Å². The number of nitrogens with zero attached hydrogens (tertiary/aromatic N) is 1. The number of anilines is 1. The van der Waals surface area contributed by atoms with Gasteiger partial charge in [0.1, 0.15) is 4.99 Å². The molecular weight excluding hydrogens is 266 g/mol. The Labute approximate surface area is 119 Å². The van der Waals surface area contributed by atoms with E-state index in [0.29, 0.717) is 16.1 Å². The third kappa shape index (κ3) is 4.44. The summed E-state index contributed by atoms with van der Waals surface area (Å²) in [6.45, 7) is 6.15. The molecule has 18 heavy (non-hydrogen) atoms. The van der Waals surface area contributed by atoms with Crippen molar-refractivity contribution in [3.63, 3.8) is 0 Å². The summed E-state index contributed by atoms with van der Waals surface area (Å²) in [5, 5.41) is 3.95. The third-order valence-corrected chi connectivity index (χ3v) is 3.46. The number of nitrogens with two attached hydrogens (primary N) is 1. The number of nitrogens with one attached hydrogen (secondary N) is 1. The number of hydrogen-bond acceptors (Lipinski definition) is 3. The van der Waals surface area contributed by atoms with E-state index in [9.17, 15) is 0 Å². The summed E-state index contributed by atoms with van der Waals surface area (Å²) in [6.07, 6.45) is 0. The molecule has 1 aromatic rings. The molecule has 0 unspecified atom stereocenters. The maximum atomic E-state index is 6.16. The maximum Gasteiger partial charge on any atom is 0.104 e. The first kappa shape index (κ1) is 15.2. The van der Waals surface area contributed by atoms with Crippen LogP contribution in [0.4, 0.5) is 5.69 Å². The van der Waals surface area contributed by atoms with Gasteiger partial charge in [0.2, 0.25) is 0 Å². The molecule has 0 fully saturated rings. The van der Waals surface area contributed by atoms with Crippen molar-refractivity contribution in [2.75, 3.05) is 25.5 Å². The zero-order valence-electron chi connectivity index (χ0n) is 11.0. The van der Waals surface area contributed by atoms with Crippen LogP contribution >= 0.6 is 23.8 Å². The molecule has 3 nitrogen and oxygen atoms in total. The molecule has 0 radical (unpaired) electrons. The highest BCUT2D eigenvalue weighted by atomic mass is 35.5. The lowest BCUT2D eigenvalue weighted by atomic mass is 10.2. The van der Waals surface area contributed by atoms with Crippen LogP contribution in [0.2, 0.25) is 5.02 Å². The average Bonchev–Trinajstić information content (AvgIpc) is 2.30. The monoisotopic (exact) mass is 285 g/mol. The largest absolute Gasteiger partial charge is 0.389 e. The van der Waals surface area contributed by atoms with Gasteiger partial charge < -0.3 is 16.0 Å². The van der Waals surface area contributed by atoms with Crippen molar-refractivity contribution in [2.45, 2.75) is 19.9 Å². The van der Waals surface area contributed by atoms with E-state index in [1.807, 2.05) is 12.1 Å². The number of rotatable bonds is 6. The normalized spacial score (nSPS) is 11.0. The second kappa shape index (κ2) is 6.92. The molecule has 0 spiro atoms. The molecule has 1 rings (SSSR count). The summed E-state index contributed by atoms with van der Waals surface area (Å²) in [5.41, 5.74) is 7.25. The van der Waals surface area contributed by atoms with Crippen LogP contribution < -0.4 is 11.1 Å². The van der Waals surface area contributed by atoms with Gasteiger partial charge in [-0.1, -0.05) is 23.8 Å². The minimum absolute atomic E-state index is 0.364. The Morgan fingerprint density at radius 3 is 2.67 bits per heavy atom. The third-order valence-electron chi connectivity index (χ3n) is 2.92. The van der Waals surface area contributed by atoms with Crippen LogP contribution in [0.3, 0.4) is 0 Å². The molecular formula is C13H20ClN3S. The molecule has 0 saturated carbocycles.